The third kappa shape index (κ3) is 4.03. The van der Waals surface area contributed by atoms with Crippen molar-refractivity contribution in [1.82, 2.24) is 0 Å². The Bertz CT molecular complexity index is 632. The monoisotopic (exact) mass is 288 g/mol. The Hall–Kier alpha value is -1.94. The molecule has 0 spiro atoms. The van der Waals surface area contributed by atoms with Gasteiger partial charge >= 0.3 is 0 Å². The van der Waals surface area contributed by atoms with Gasteiger partial charge in [-0.2, -0.15) is 0 Å². The van der Waals surface area contributed by atoms with E-state index in [2.05, 4.69) is 0 Å². The maximum atomic E-state index is 11.7. The van der Waals surface area contributed by atoms with Crippen LogP contribution in [0.5, 0.6) is 5.75 Å². The Balaban J connectivity index is 2.10. The summed E-state index contributed by atoms with van der Waals surface area (Å²) in [6, 6.07) is 14.7. The van der Waals surface area contributed by atoms with E-state index in [0.717, 1.165) is 16.7 Å². The zero-order valence-electron chi connectivity index (χ0n) is 11.2. The third-order valence-electron chi connectivity index (χ3n) is 2.83. The van der Waals surface area contributed by atoms with Gasteiger partial charge in [-0.3, -0.25) is 9.00 Å². The minimum Gasteiger partial charge on any atom is -0.508 e. The van der Waals surface area contributed by atoms with Gasteiger partial charge in [0.2, 0.25) is 0 Å². The molecule has 0 aliphatic carbocycles. The first-order valence-electron chi connectivity index (χ1n) is 6.27. The lowest BCUT2D eigenvalue weighted by Gasteiger charge is -2.05. The lowest BCUT2D eigenvalue weighted by Crippen LogP contribution is -2.08. The van der Waals surface area contributed by atoms with Crippen LogP contribution >= 0.6 is 0 Å². The maximum absolute atomic E-state index is 11.7. The van der Waals surface area contributed by atoms with Crippen LogP contribution in [-0.2, 0) is 21.3 Å². The molecule has 4 heteroatoms. The van der Waals surface area contributed by atoms with Gasteiger partial charge in [-0.15, -0.1) is 0 Å². The van der Waals surface area contributed by atoms with E-state index in [-0.39, 0.29) is 17.3 Å². The molecular weight excluding hydrogens is 272 g/mol. The Morgan fingerprint density at radius 2 is 1.80 bits per heavy atom. The van der Waals surface area contributed by atoms with Crippen LogP contribution in [0.3, 0.4) is 0 Å². The second kappa shape index (κ2) is 6.48. The summed E-state index contributed by atoms with van der Waals surface area (Å²) >= 11 is 0. The van der Waals surface area contributed by atoms with E-state index in [1.807, 2.05) is 30.3 Å². The molecule has 1 N–H and O–H groups in total. The van der Waals surface area contributed by atoms with Crippen LogP contribution in [-0.4, -0.2) is 20.9 Å². The average molecular weight is 288 g/mol. The zero-order valence-corrected chi connectivity index (χ0v) is 12.0. The number of carbonyl (C=O) groups excluding carboxylic acids is 1. The van der Waals surface area contributed by atoms with Crippen molar-refractivity contribution in [3.63, 3.8) is 0 Å². The van der Waals surface area contributed by atoms with E-state index in [1.165, 1.54) is 6.92 Å². The molecule has 2 rings (SSSR count). The van der Waals surface area contributed by atoms with Crippen LogP contribution in [0, 0.1) is 0 Å². The summed E-state index contributed by atoms with van der Waals surface area (Å²) in [6.45, 7) is 1.45. The van der Waals surface area contributed by atoms with Gasteiger partial charge < -0.3 is 5.11 Å². The Kier molecular flexibility index (Phi) is 4.69. The fourth-order valence-electron chi connectivity index (χ4n) is 1.94. The molecule has 0 amide bonds. The number of phenols is 1. The number of Topliss-reactive ketones (excluding diaryl/α,β-unsaturated/α-hetero) is 1. The Morgan fingerprint density at radius 1 is 1.10 bits per heavy atom. The van der Waals surface area contributed by atoms with Crippen LogP contribution in [0.4, 0.5) is 0 Å². The first kappa shape index (κ1) is 14.5. The average Bonchev–Trinajstić information content (AvgIpc) is 2.38. The number of ketones is 1. The number of rotatable bonds is 5. The van der Waals surface area contributed by atoms with E-state index in [9.17, 15) is 14.1 Å². The molecule has 0 saturated carbocycles. The third-order valence-corrected chi connectivity index (χ3v) is 4.21. The molecule has 0 aliphatic heterocycles. The molecule has 0 radical (unpaired) electrons. The van der Waals surface area contributed by atoms with Crippen molar-refractivity contribution in [2.75, 3.05) is 5.75 Å². The summed E-state index contributed by atoms with van der Waals surface area (Å²) in [5, 5.41) is 9.46. The zero-order chi connectivity index (χ0) is 14.5. The Morgan fingerprint density at radius 3 is 2.40 bits per heavy atom. The summed E-state index contributed by atoms with van der Waals surface area (Å²) in [5.41, 5.74) is 2.86. The van der Waals surface area contributed by atoms with Crippen LogP contribution in [0.25, 0.3) is 11.1 Å². The summed E-state index contributed by atoms with van der Waals surface area (Å²) < 4.78 is 11.7. The standard InChI is InChI=1S/C16H16O3S/c1-12(17)10-20(19)11-13-5-7-14(8-6-13)15-3-2-4-16(18)9-15/h2-9,18H,10-11H2,1H3. The van der Waals surface area contributed by atoms with Gasteiger partial charge in [-0.25, -0.2) is 0 Å². The number of hydrogen-bond donors (Lipinski definition) is 1. The van der Waals surface area contributed by atoms with Gasteiger partial charge in [-0.05, 0) is 35.7 Å². The number of phenolic OH excluding ortho intramolecular Hbond substituents is 1. The largest absolute Gasteiger partial charge is 0.508 e. The van der Waals surface area contributed by atoms with Gasteiger partial charge in [0.25, 0.3) is 0 Å². The van der Waals surface area contributed by atoms with E-state index >= 15 is 0 Å². The summed E-state index contributed by atoms with van der Waals surface area (Å²) in [4.78, 5) is 10.9. The summed E-state index contributed by atoms with van der Waals surface area (Å²) in [7, 11) is -1.15. The molecule has 2 aromatic rings. The molecule has 1 atom stereocenters. The van der Waals surface area contributed by atoms with Crippen LogP contribution in [0.2, 0.25) is 0 Å². The van der Waals surface area contributed by atoms with Gasteiger partial charge in [0.05, 0.1) is 5.75 Å². The van der Waals surface area contributed by atoms with Crippen molar-refractivity contribution in [2.24, 2.45) is 0 Å². The molecule has 20 heavy (non-hydrogen) atoms. The van der Waals surface area contributed by atoms with E-state index in [0.29, 0.717) is 5.75 Å². The maximum Gasteiger partial charge on any atom is 0.142 e. The molecule has 0 heterocycles. The molecule has 0 bridgehead atoms. The van der Waals surface area contributed by atoms with Crippen molar-refractivity contribution in [2.45, 2.75) is 12.7 Å². The molecule has 2 aromatic carbocycles. The number of hydrogen-bond acceptors (Lipinski definition) is 3. The van der Waals surface area contributed by atoms with Gasteiger partial charge in [-0.1, -0.05) is 36.4 Å². The van der Waals surface area contributed by atoms with Crippen LogP contribution in [0.1, 0.15) is 12.5 Å². The van der Waals surface area contributed by atoms with Crippen molar-refractivity contribution in [3.05, 3.63) is 54.1 Å². The van der Waals surface area contributed by atoms with Crippen LogP contribution in [0.15, 0.2) is 48.5 Å². The minimum atomic E-state index is -1.15. The fraction of sp³-hybridized carbons (Fsp3) is 0.188. The van der Waals surface area contributed by atoms with E-state index in [4.69, 9.17) is 0 Å². The summed E-state index contributed by atoms with van der Waals surface area (Å²) in [5.74, 6) is 0.669. The highest BCUT2D eigenvalue weighted by Crippen LogP contribution is 2.23. The fourth-order valence-corrected chi connectivity index (χ4v) is 3.06. The number of benzene rings is 2. The van der Waals surface area contributed by atoms with Crippen molar-refractivity contribution in [3.8, 4) is 16.9 Å². The molecule has 1 unspecified atom stereocenters. The van der Waals surface area contributed by atoms with Gasteiger partial charge in [0, 0.05) is 16.6 Å². The second-order valence-electron chi connectivity index (χ2n) is 4.68. The Labute approximate surface area is 120 Å². The van der Waals surface area contributed by atoms with Crippen molar-refractivity contribution < 1.29 is 14.1 Å². The van der Waals surface area contributed by atoms with E-state index < -0.39 is 10.8 Å². The van der Waals surface area contributed by atoms with Crippen molar-refractivity contribution in [1.29, 1.82) is 0 Å². The molecule has 0 fully saturated rings. The predicted octanol–water partition coefficient (Wildman–Crippen LogP) is 2.90. The highest BCUT2D eigenvalue weighted by atomic mass is 32.2. The lowest BCUT2D eigenvalue weighted by molar-refractivity contribution is -0.114. The smallest absolute Gasteiger partial charge is 0.142 e. The summed E-state index contributed by atoms with van der Waals surface area (Å²) in [6.07, 6.45) is 0. The van der Waals surface area contributed by atoms with E-state index in [1.54, 1.807) is 18.2 Å². The molecule has 0 saturated heterocycles. The quantitative estimate of drug-likeness (QED) is 0.920. The predicted molar refractivity (Wildman–Crippen MR) is 80.9 cm³/mol. The molecule has 0 aromatic heterocycles. The highest BCUT2D eigenvalue weighted by Gasteiger charge is 2.05. The topological polar surface area (TPSA) is 54.4 Å². The lowest BCUT2D eigenvalue weighted by atomic mass is 10.0. The van der Waals surface area contributed by atoms with Gasteiger partial charge in [0.1, 0.15) is 11.5 Å². The van der Waals surface area contributed by atoms with Gasteiger partial charge in [0.15, 0.2) is 0 Å². The minimum absolute atomic E-state index is 0.0558. The highest BCUT2D eigenvalue weighted by molar-refractivity contribution is 7.84. The first-order valence-corrected chi connectivity index (χ1v) is 7.76. The van der Waals surface area contributed by atoms with Crippen LogP contribution < -0.4 is 0 Å². The number of carbonyl (C=O) groups is 1. The molecule has 3 nitrogen and oxygen atoms in total. The first-order chi connectivity index (χ1) is 9.54. The second-order valence-corrected chi connectivity index (χ2v) is 6.13. The molecule has 104 valence electrons. The normalized spacial score (nSPS) is 12.1. The molecular formula is C16H16O3S. The SMILES string of the molecule is CC(=O)CS(=O)Cc1ccc(-c2cccc(O)c2)cc1. The number of aromatic hydroxyl groups is 1. The molecule has 0 aliphatic rings. The van der Waals surface area contributed by atoms with Crippen molar-refractivity contribution >= 4 is 16.6 Å².